The Bertz CT molecular complexity index is 1180. The summed E-state index contributed by atoms with van der Waals surface area (Å²) >= 11 is 6.22. The van der Waals surface area contributed by atoms with E-state index in [1.165, 1.54) is 24.3 Å². The molecule has 0 amide bonds. The Morgan fingerprint density at radius 1 is 1.22 bits per heavy atom. The zero-order chi connectivity index (χ0) is 23.1. The molecule has 4 rings (SSSR count). The Labute approximate surface area is 192 Å². The van der Waals surface area contributed by atoms with Crippen molar-refractivity contribution in [2.24, 2.45) is 0 Å². The highest BCUT2D eigenvalue weighted by Gasteiger charge is 2.34. The van der Waals surface area contributed by atoms with E-state index in [2.05, 4.69) is 4.72 Å². The number of hydrogen-bond acceptors (Lipinski definition) is 6. The summed E-state index contributed by atoms with van der Waals surface area (Å²) in [4.78, 5) is -0.0166. The van der Waals surface area contributed by atoms with Crippen molar-refractivity contribution in [2.45, 2.75) is 68.2 Å². The van der Waals surface area contributed by atoms with Gasteiger partial charge in [-0.25, -0.2) is 8.42 Å². The fourth-order valence-corrected chi connectivity index (χ4v) is 5.76. The van der Waals surface area contributed by atoms with Crippen LogP contribution in [0.5, 0.6) is 5.75 Å². The fourth-order valence-electron chi connectivity index (χ4n) is 4.17. The van der Waals surface area contributed by atoms with Gasteiger partial charge in [-0.3, -0.25) is 4.72 Å². The molecule has 0 bridgehead atoms. The van der Waals surface area contributed by atoms with Gasteiger partial charge in [-0.05, 0) is 69.1 Å². The molecular formula is C23H25ClN2O5S. The predicted octanol–water partition coefficient (Wildman–Crippen LogP) is 4.58. The molecule has 2 aromatic carbocycles. The topological polar surface area (TPSA) is 120 Å². The zero-order valence-electron chi connectivity index (χ0n) is 17.6. The van der Waals surface area contributed by atoms with E-state index in [4.69, 9.17) is 16.3 Å². The maximum atomic E-state index is 13.4. The first-order valence-corrected chi connectivity index (χ1v) is 12.4. The normalized spacial score (nSPS) is 17.9. The number of ether oxygens (including phenoxy) is 1. The van der Waals surface area contributed by atoms with Gasteiger partial charge in [0.1, 0.15) is 17.4 Å². The number of anilines is 1. The lowest BCUT2D eigenvalue weighted by Gasteiger charge is -2.27. The number of benzene rings is 2. The van der Waals surface area contributed by atoms with Crippen molar-refractivity contribution in [1.82, 2.24) is 0 Å². The molecule has 0 saturated heterocycles. The van der Waals surface area contributed by atoms with Gasteiger partial charge in [0.05, 0.1) is 21.2 Å². The van der Waals surface area contributed by atoms with Crippen LogP contribution in [0.15, 0.2) is 35.2 Å². The second-order valence-corrected chi connectivity index (χ2v) is 10.8. The monoisotopic (exact) mass is 476 g/mol. The summed E-state index contributed by atoms with van der Waals surface area (Å²) < 4.78 is 35.6. The third-order valence-corrected chi connectivity index (χ3v) is 7.83. The Morgan fingerprint density at radius 2 is 1.91 bits per heavy atom. The van der Waals surface area contributed by atoms with Crippen LogP contribution in [0, 0.1) is 11.3 Å². The molecule has 2 aliphatic rings. The highest BCUT2D eigenvalue weighted by molar-refractivity contribution is 7.92. The lowest BCUT2D eigenvalue weighted by Crippen LogP contribution is -2.28. The molecule has 0 atom stereocenters. The van der Waals surface area contributed by atoms with Crippen LogP contribution in [0.4, 0.5) is 5.69 Å². The van der Waals surface area contributed by atoms with E-state index in [9.17, 15) is 23.9 Å². The second kappa shape index (κ2) is 8.56. The Hall–Kier alpha value is -2.31. The lowest BCUT2D eigenvalue weighted by molar-refractivity contribution is -0.0426. The van der Waals surface area contributed by atoms with Crippen molar-refractivity contribution in [2.75, 3.05) is 4.72 Å². The molecular weight excluding hydrogens is 452 g/mol. The van der Waals surface area contributed by atoms with Crippen LogP contribution in [0.3, 0.4) is 0 Å². The Balaban J connectivity index is 1.76. The number of rotatable bonds is 7. The number of hydrogen-bond donors (Lipinski definition) is 3. The van der Waals surface area contributed by atoms with Crippen LogP contribution in [-0.2, 0) is 10.0 Å². The number of aliphatic hydroxyl groups is 2. The van der Waals surface area contributed by atoms with Gasteiger partial charge in [0, 0.05) is 11.6 Å². The number of nitrogens with zero attached hydrogens (tertiary/aromatic N) is 1. The molecule has 170 valence electrons. The van der Waals surface area contributed by atoms with Gasteiger partial charge in [-0.15, -0.1) is 0 Å². The maximum Gasteiger partial charge on any atom is 0.262 e. The zero-order valence-corrected chi connectivity index (χ0v) is 19.2. The summed E-state index contributed by atoms with van der Waals surface area (Å²) in [6.07, 6.45) is 3.65. The number of sulfonamides is 1. The van der Waals surface area contributed by atoms with Gasteiger partial charge in [0.2, 0.25) is 0 Å². The molecule has 2 saturated carbocycles. The first-order chi connectivity index (χ1) is 15.1. The van der Waals surface area contributed by atoms with Crippen LogP contribution in [-0.4, -0.2) is 24.2 Å². The van der Waals surface area contributed by atoms with Crippen LogP contribution < -0.4 is 9.46 Å². The molecule has 2 aliphatic carbocycles. The minimum absolute atomic E-state index is 0.0166. The maximum absolute atomic E-state index is 13.4. The molecule has 7 nitrogen and oxygen atoms in total. The Morgan fingerprint density at radius 3 is 2.50 bits per heavy atom. The smallest absolute Gasteiger partial charge is 0.262 e. The van der Waals surface area contributed by atoms with Gasteiger partial charge >= 0.3 is 0 Å². The standard InChI is InChI=1S/C23H25ClN2O5S/c1-23(8-2-3-9-23)31-20-12-18(24)16(13-25)10-19(20)26-32(29,30)21-11-15(22(27)28)6-7-17(21)14-4-5-14/h6-7,10-12,14,22,26-28H,2-5,8-9H2,1H3. The van der Waals surface area contributed by atoms with E-state index >= 15 is 0 Å². The van der Waals surface area contributed by atoms with E-state index in [-0.39, 0.29) is 38.4 Å². The number of nitrogens with one attached hydrogen (secondary N) is 1. The van der Waals surface area contributed by atoms with Crippen molar-refractivity contribution in [3.63, 3.8) is 0 Å². The van der Waals surface area contributed by atoms with Crippen molar-refractivity contribution in [3.05, 3.63) is 52.0 Å². The molecule has 3 N–H and O–H groups in total. The second-order valence-electron chi connectivity index (χ2n) is 8.75. The average molecular weight is 477 g/mol. The van der Waals surface area contributed by atoms with Crippen LogP contribution in [0.1, 0.15) is 74.3 Å². The fraction of sp³-hybridized carbons (Fsp3) is 0.435. The highest BCUT2D eigenvalue weighted by atomic mass is 35.5. The van der Waals surface area contributed by atoms with E-state index in [1.807, 2.05) is 13.0 Å². The first kappa shape index (κ1) is 22.9. The minimum atomic E-state index is -4.12. The summed E-state index contributed by atoms with van der Waals surface area (Å²) in [5.41, 5.74) is 0.503. The number of aliphatic hydroxyl groups excluding tert-OH is 1. The molecule has 0 spiro atoms. The number of nitriles is 1. The van der Waals surface area contributed by atoms with Gasteiger partial charge < -0.3 is 14.9 Å². The minimum Gasteiger partial charge on any atom is -0.485 e. The third kappa shape index (κ3) is 4.71. The van der Waals surface area contributed by atoms with E-state index in [1.54, 1.807) is 6.07 Å². The summed E-state index contributed by atoms with van der Waals surface area (Å²) in [5, 5.41) is 28.7. The predicted molar refractivity (Wildman–Crippen MR) is 120 cm³/mol. The third-order valence-electron chi connectivity index (χ3n) is 6.09. The van der Waals surface area contributed by atoms with Gasteiger partial charge in [-0.2, -0.15) is 5.26 Å². The molecule has 0 heterocycles. The van der Waals surface area contributed by atoms with Crippen molar-refractivity contribution in [3.8, 4) is 11.8 Å². The average Bonchev–Trinajstić information content (AvgIpc) is 3.50. The summed E-state index contributed by atoms with van der Waals surface area (Å²) in [6.45, 7) is 1.97. The van der Waals surface area contributed by atoms with Crippen molar-refractivity contribution < 1.29 is 23.4 Å². The summed E-state index contributed by atoms with van der Waals surface area (Å²) in [6, 6.07) is 9.23. The molecule has 2 fully saturated rings. The SMILES string of the molecule is CC1(Oc2cc(Cl)c(C#N)cc2NS(=O)(=O)c2cc(C(O)O)ccc2C2CC2)CCCC1. The quantitative estimate of drug-likeness (QED) is 0.503. The molecule has 0 unspecified atom stereocenters. The summed E-state index contributed by atoms with van der Waals surface area (Å²) in [7, 11) is -4.12. The molecule has 2 aromatic rings. The van der Waals surface area contributed by atoms with E-state index in [0.29, 0.717) is 5.56 Å². The van der Waals surface area contributed by atoms with Gasteiger partial charge in [0.25, 0.3) is 10.0 Å². The van der Waals surface area contributed by atoms with E-state index < -0.39 is 21.9 Å². The molecule has 9 heteroatoms. The lowest BCUT2D eigenvalue weighted by atomic mass is 10.1. The molecule has 0 aromatic heterocycles. The first-order valence-electron chi connectivity index (χ1n) is 10.6. The number of halogens is 1. The molecule has 32 heavy (non-hydrogen) atoms. The largest absolute Gasteiger partial charge is 0.485 e. The van der Waals surface area contributed by atoms with Crippen LogP contribution >= 0.6 is 11.6 Å². The van der Waals surface area contributed by atoms with Crippen LogP contribution in [0.25, 0.3) is 0 Å². The summed E-state index contributed by atoms with van der Waals surface area (Å²) in [5.74, 6) is 0.368. The van der Waals surface area contributed by atoms with Crippen LogP contribution in [0.2, 0.25) is 5.02 Å². The molecule has 0 aliphatic heterocycles. The van der Waals surface area contributed by atoms with Crippen molar-refractivity contribution >= 4 is 27.3 Å². The van der Waals surface area contributed by atoms with Crippen molar-refractivity contribution in [1.29, 1.82) is 5.26 Å². The van der Waals surface area contributed by atoms with E-state index in [0.717, 1.165) is 38.5 Å². The highest BCUT2D eigenvalue weighted by Crippen LogP contribution is 2.44. The molecule has 0 radical (unpaired) electrons. The Kier molecular flexibility index (Phi) is 6.12. The van der Waals surface area contributed by atoms with Gasteiger partial charge in [-0.1, -0.05) is 23.7 Å². The van der Waals surface area contributed by atoms with Gasteiger partial charge in [0.15, 0.2) is 6.29 Å².